The summed E-state index contributed by atoms with van der Waals surface area (Å²) < 4.78 is 6.18. The number of aromatic nitrogens is 2. The number of rotatable bonds is 4. The summed E-state index contributed by atoms with van der Waals surface area (Å²) in [5.74, 6) is -0.613. The Kier molecular flexibility index (Phi) is 3.99. The number of ether oxygens (including phenoxy) is 1. The highest BCUT2D eigenvalue weighted by Crippen LogP contribution is 2.20. The molecule has 0 spiro atoms. The van der Waals surface area contributed by atoms with Crippen LogP contribution in [0, 0.1) is 10.1 Å². The number of nitro benzene ring substituents is 1. The summed E-state index contributed by atoms with van der Waals surface area (Å²) in [5, 5.41) is 14.7. The third-order valence-corrected chi connectivity index (χ3v) is 2.74. The maximum absolute atomic E-state index is 11.6. The van der Waals surface area contributed by atoms with Crippen LogP contribution in [-0.4, -0.2) is 27.3 Å². The lowest BCUT2D eigenvalue weighted by molar-refractivity contribution is -0.384. The molecule has 0 atom stereocenters. The Morgan fingerprint density at radius 3 is 2.65 bits per heavy atom. The van der Waals surface area contributed by atoms with E-state index in [1.807, 2.05) is 0 Å². The molecule has 0 aliphatic carbocycles. The number of hydrogen-bond acceptors (Lipinski definition) is 5. The molecule has 0 N–H and O–H groups in total. The quantitative estimate of drug-likeness (QED) is 0.491. The number of benzene rings is 1. The van der Waals surface area contributed by atoms with Gasteiger partial charge in [-0.05, 0) is 19.1 Å². The van der Waals surface area contributed by atoms with Crippen molar-refractivity contribution in [3.63, 3.8) is 0 Å². The minimum atomic E-state index is -0.613. The van der Waals surface area contributed by atoms with Gasteiger partial charge in [-0.15, -0.1) is 0 Å². The fourth-order valence-corrected chi connectivity index (χ4v) is 1.76. The van der Waals surface area contributed by atoms with Crippen LogP contribution in [0.2, 0.25) is 5.02 Å². The van der Waals surface area contributed by atoms with Crippen LogP contribution in [0.5, 0.6) is 0 Å². The number of carbonyl (C=O) groups is 1. The molecule has 0 radical (unpaired) electrons. The number of nitrogens with zero attached hydrogens (tertiary/aromatic N) is 3. The van der Waals surface area contributed by atoms with E-state index in [0.717, 1.165) is 0 Å². The number of nitro groups is 1. The molecule has 0 fully saturated rings. The van der Waals surface area contributed by atoms with Gasteiger partial charge in [0.2, 0.25) is 0 Å². The molecule has 0 aliphatic heterocycles. The molecule has 8 heteroatoms. The van der Waals surface area contributed by atoms with Crippen molar-refractivity contribution in [1.29, 1.82) is 0 Å². The van der Waals surface area contributed by atoms with E-state index < -0.39 is 10.9 Å². The zero-order valence-corrected chi connectivity index (χ0v) is 11.2. The number of non-ortho nitro benzene ring substituents is 1. The molecule has 1 heterocycles. The third-order valence-electron chi connectivity index (χ3n) is 2.46. The van der Waals surface area contributed by atoms with E-state index in [1.165, 1.54) is 35.1 Å². The SMILES string of the molecule is CCOC(=O)c1nn(-c2ccc([N+](=O)[O-])cc2)cc1Cl. The van der Waals surface area contributed by atoms with Crippen molar-refractivity contribution in [3.8, 4) is 5.69 Å². The van der Waals surface area contributed by atoms with Gasteiger partial charge in [-0.1, -0.05) is 11.6 Å². The van der Waals surface area contributed by atoms with Crippen LogP contribution >= 0.6 is 11.6 Å². The summed E-state index contributed by atoms with van der Waals surface area (Å²) in [6.45, 7) is 1.90. The Bertz CT molecular complexity index is 651. The van der Waals surface area contributed by atoms with E-state index in [2.05, 4.69) is 5.10 Å². The van der Waals surface area contributed by atoms with Crippen LogP contribution < -0.4 is 0 Å². The first-order valence-electron chi connectivity index (χ1n) is 5.70. The topological polar surface area (TPSA) is 87.3 Å². The molecule has 2 aromatic rings. The zero-order chi connectivity index (χ0) is 14.7. The van der Waals surface area contributed by atoms with Crippen LogP contribution in [0.15, 0.2) is 30.5 Å². The predicted octanol–water partition coefficient (Wildman–Crippen LogP) is 2.61. The molecule has 0 saturated carbocycles. The lowest BCUT2D eigenvalue weighted by Crippen LogP contribution is -2.07. The minimum Gasteiger partial charge on any atom is -0.461 e. The van der Waals surface area contributed by atoms with E-state index >= 15 is 0 Å². The van der Waals surface area contributed by atoms with Crippen LogP contribution in [0.3, 0.4) is 0 Å². The van der Waals surface area contributed by atoms with Gasteiger partial charge < -0.3 is 4.74 Å². The maximum Gasteiger partial charge on any atom is 0.360 e. The number of halogens is 1. The summed E-state index contributed by atoms with van der Waals surface area (Å²) in [4.78, 5) is 21.7. The van der Waals surface area contributed by atoms with E-state index in [0.29, 0.717) is 5.69 Å². The van der Waals surface area contributed by atoms with Crippen molar-refractivity contribution >= 4 is 23.3 Å². The second-order valence-corrected chi connectivity index (χ2v) is 4.17. The lowest BCUT2D eigenvalue weighted by Gasteiger charge is -2.00. The van der Waals surface area contributed by atoms with Crippen molar-refractivity contribution in [2.45, 2.75) is 6.92 Å². The fraction of sp³-hybridized carbons (Fsp3) is 0.167. The smallest absolute Gasteiger partial charge is 0.360 e. The van der Waals surface area contributed by atoms with E-state index in [4.69, 9.17) is 16.3 Å². The summed E-state index contributed by atoms with van der Waals surface area (Å²) in [5.41, 5.74) is 0.525. The molecule has 1 aromatic carbocycles. The highest BCUT2D eigenvalue weighted by Gasteiger charge is 2.17. The van der Waals surface area contributed by atoms with Gasteiger partial charge in [-0.2, -0.15) is 5.10 Å². The molecule has 0 unspecified atom stereocenters. The molecular weight excluding hydrogens is 286 g/mol. The van der Waals surface area contributed by atoms with E-state index in [1.54, 1.807) is 6.92 Å². The Labute approximate surface area is 118 Å². The highest BCUT2D eigenvalue weighted by molar-refractivity contribution is 6.33. The van der Waals surface area contributed by atoms with Crippen LogP contribution in [0.1, 0.15) is 17.4 Å². The highest BCUT2D eigenvalue weighted by atomic mass is 35.5. The molecule has 0 bridgehead atoms. The molecule has 104 valence electrons. The van der Waals surface area contributed by atoms with Gasteiger partial charge in [0.05, 0.1) is 28.4 Å². The van der Waals surface area contributed by atoms with Crippen LogP contribution in [0.4, 0.5) is 5.69 Å². The van der Waals surface area contributed by atoms with Crippen molar-refractivity contribution in [2.75, 3.05) is 6.61 Å². The lowest BCUT2D eigenvalue weighted by atomic mass is 10.3. The van der Waals surface area contributed by atoms with Gasteiger partial charge >= 0.3 is 5.97 Å². The molecule has 0 saturated heterocycles. The average Bonchev–Trinajstić information content (AvgIpc) is 2.81. The van der Waals surface area contributed by atoms with Crippen molar-refractivity contribution < 1.29 is 14.5 Å². The molecule has 20 heavy (non-hydrogen) atoms. The summed E-state index contributed by atoms with van der Waals surface area (Å²) in [6.07, 6.45) is 1.44. The van der Waals surface area contributed by atoms with Gasteiger partial charge in [0.25, 0.3) is 5.69 Å². The summed E-state index contributed by atoms with van der Waals surface area (Å²) >= 11 is 5.91. The molecule has 1 aromatic heterocycles. The zero-order valence-electron chi connectivity index (χ0n) is 10.4. The van der Waals surface area contributed by atoms with Crippen molar-refractivity contribution in [1.82, 2.24) is 9.78 Å². The van der Waals surface area contributed by atoms with Gasteiger partial charge in [0, 0.05) is 12.1 Å². The number of hydrogen-bond donors (Lipinski definition) is 0. The Balaban J connectivity index is 2.32. The second kappa shape index (κ2) is 5.70. The largest absolute Gasteiger partial charge is 0.461 e. The van der Waals surface area contributed by atoms with Crippen molar-refractivity contribution in [2.24, 2.45) is 0 Å². The number of esters is 1. The third kappa shape index (κ3) is 2.77. The first-order chi connectivity index (χ1) is 9.52. The molecule has 7 nitrogen and oxygen atoms in total. The molecule has 0 aliphatic rings. The van der Waals surface area contributed by atoms with Crippen LogP contribution in [-0.2, 0) is 4.74 Å². The molecule has 2 rings (SSSR count). The average molecular weight is 296 g/mol. The van der Waals surface area contributed by atoms with Crippen molar-refractivity contribution in [3.05, 3.63) is 51.3 Å². The summed E-state index contributed by atoms with van der Waals surface area (Å²) in [6, 6.07) is 5.71. The Morgan fingerprint density at radius 2 is 2.10 bits per heavy atom. The predicted molar refractivity (Wildman–Crippen MR) is 71.2 cm³/mol. The Hall–Kier alpha value is -2.41. The van der Waals surface area contributed by atoms with Gasteiger partial charge in [-0.25, -0.2) is 9.48 Å². The standard InChI is InChI=1S/C12H10ClN3O4/c1-2-20-12(17)11-10(13)7-15(14-11)8-3-5-9(6-4-8)16(18)19/h3-7H,2H2,1H3. The molecule has 0 amide bonds. The Morgan fingerprint density at radius 1 is 1.45 bits per heavy atom. The van der Waals surface area contributed by atoms with E-state index in [9.17, 15) is 14.9 Å². The second-order valence-electron chi connectivity index (χ2n) is 3.76. The normalized spacial score (nSPS) is 10.3. The monoisotopic (exact) mass is 295 g/mol. The maximum atomic E-state index is 11.6. The van der Waals surface area contributed by atoms with Crippen LogP contribution in [0.25, 0.3) is 5.69 Å². The van der Waals surface area contributed by atoms with Gasteiger partial charge in [0.15, 0.2) is 5.69 Å². The van der Waals surface area contributed by atoms with Gasteiger partial charge in [-0.3, -0.25) is 10.1 Å². The minimum absolute atomic E-state index is 0.00636. The van der Waals surface area contributed by atoms with E-state index in [-0.39, 0.29) is 23.0 Å². The van der Waals surface area contributed by atoms with Gasteiger partial charge in [0.1, 0.15) is 0 Å². The first-order valence-corrected chi connectivity index (χ1v) is 6.08. The summed E-state index contributed by atoms with van der Waals surface area (Å²) in [7, 11) is 0. The first kappa shape index (κ1) is 14.0. The fourth-order valence-electron chi connectivity index (χ4n) is 1.55. The number of carbonyl (C=O) groups excluding carboxylic acids is 1. The molecular formula is C12H10ClN3O4.